The zero-order chi connectivity index (χ0) is 14.7. The summed E-state index contributed by atoms with van der Waals surface area (Å²) >= 11 is 0. The van der Waals surface area contributed by atoms with Crippen LogP contribution in [0, 0.1) is 5.82 Å². The van der Waals surface area contributed by atoms with Gasteiger partial charge >= 0.3 is 0 Å². The molecule has 0 amide bonds. The number of nitrogens with zero attached hydrogens (tertiary/aromatic N) is 2. The molecule has 0 unspecified atom stereocenters. The predicted molar refractivity (Wildman–Crippen MR) is 82.0 cm³/mol. The van der Waals surface area contributed by atoms with E-state index in [1.54, 1.807) is 0 Å². The van der Waals surface area contributed by atoms with Gasteiger partial charge in [-0.05, 0) is 37.1 Å². The third kappa shape index (κ3) is 3.05. The molecule has 0 aromatic heterocycles. The summed E-state index contributed by atoms with van der Waals surface area (Å²) in [5, 5.41) is 0. The Morgan fingerprint density at radius 3 is 2.24 bits per heavy atom. The van der Waals surface area contributed by atoms with E-state index < -0.39 is 0 Å². The molecule has 2 N–H and O–H groups in total. The Balaban J connectivity index is 1.63. The van der Waals surface area contributed by atoms with Crippen molar-refractivity contribution in [2.24, 2.45) is 5.73 Å². The molecule has 1 aromatic rings. The topological polar surface area (TPSA) is 41.7 Å². The molecule has 2 fully saturated rings. The second-order valence-corrected chi connectivity index (χ2v) is 5.99. The lowest BCUT2D eigenvalue weighted by molar-refractivity contribution is -0.0263. The van der Waals surface area contributed by atoms with Crippen molar-refractivity contribution in [3.63, 3.8) is 0 Å². The molecule has 21 heavy (non-hydrogen) atoms. The fourth-order valence-electron chi connectivity index (χ4n) is 3.49. The third-order valence-electron chi connectivity index (χ3n) is 4.95. The van der Waals surface area contributed by atoms with Gasteiger partial charge in [0.05, 0.1) is 0 Å². The summed E-state index contributed by atoms with van der Waals surface area (Å²) in [5.74, 6) is -0.179. The van der Waals surface area contributed by atoms with E-state index in [9.17, 15) is 4.39 Å². The first kappa shape index (κ1) is 14.8. The van der Waals surface area contributed by atoms with Crippen LogP contribution in [0.5, 0.6) is 0 Å². The van der Waals surface area contributed by atoms with Crippen LogP contribution in [-0.4, -0.2) is 56.4 Å². The Bertz CT molecular complexity index is 451. The van der Waals surface area contributed by atoms with Gasteiger partial charge < -0.3 is 15.4 Å². The zero-order valence-electron chi connectivity index (χ0n) is 12.4. The van der Waals surface area contributed by atoms with Crippen molar-refractivity contribution >= 4 is 5.69 Å². The van der Waals surface area contributed by atoms with Crippen molar-refractivity contribution in [2.75, 3.05) is 50.8 Å². The Kier molecular flexibility index (Phi) is 4.42. The van der Waals surface area contributed by atoms with E-state index in [0.717, 1.165) is 57.9 Å². The van der Waals surface area contributed by atoms with Gasteiger partial charge in [-0.3, -0.25) is 4.90 Å². The van der Waals surface area contributed by atoms with Crippen LogP contribution in [0.1, 0.15) is 12.8 Å². The molecule has 3 rings (SSSR count). The van der Waals surface area contributed by atoms with Crippen molar-refractivity contribution in [3.05, 3.63) is 30.1 Å². The molecule has 2 heterocycles. The van der Waals surface area contributed by atoms with E-state index in [1.807, 2.05) is 12.1 Å². The highest BCUT2D eigenvalue weighted by Crippen LogP contribution is 2.29. The van der Waals surface area contributed by atoms with Crippen LogP contribution in [-0.2, 0) is 4.74 Å². The summed E-state index contributed by atoms with van der Waals surface area (Å²) < 4.78 is 18.5. The molecule has 2 aliphatic heterocycles. The van der Waals surface area contributed by atoms with E-state index in [1.165, 1.54) is 12.1 Å². The van der Waals surface area contributed by atoms with E-state index in [4.69, 9.17) is 10.5 Å². The zero-order valence-corrected chi connectivity index (χ0v) is 12.4. The highest BCUT2D eigenvalue weighted by atomic mass is 19.1. The Hall–Kier alpha value is -1.17. The lowest BCUT2D eigenvalue weighted by Crippen LogP contribution is -2.62. The minimum Gasteiger partial charge on any atom is -0.381 e. The Morgan fingerprint density at radius 1 is 1.05 bits per heavy atom. The van der Waals surface area contributed by atoms with Crippen molar-refractivity contribution < 1.29 is 9.13 Å². The largest absolute Gasteiger partial charge is 0.381 e. The molecule has 0 atom stereocenters. The number of piperazine rings is 1. The maximum atomic E-state index is 13.0. The molecule has 1 aromatic carbocycles. The highest BCUT2D eigenvalue weighted by Gasteiger charge is 2.38. The fraction of sp³-hybridized carbons (Fsp3) is 0.625. The normalized spacial score (nSPS) is 23.2. The lowest BCUT2D eigenvalue weighted by atomic mass is 9.87. The minimum atomic E-state index is -0.179. The first-order valence-electron chi connectivity index (χ1n) is 7.77. The van der Waals surface area contributed by atoms with E-state index in [0.29, 0.717) is 6.54 Å². The number of benzene rings is 1. The first-order chi connectivity index (χ1) is 10.2. The lowest BCUT2D eigenvalue weighted by Gasteiger charge is -2.49. The third-order valence-corrected chi connectivity index (χ3v) is 4.95. The van der Waals surface area contributed by atoms with Crippen LogP contribution >= 0.6 is 0 Å². The molecule has 2 aliphatic rings. The molecule has 116 valence electrons. The van der Waals surface area contributed by atoms with Gasteiger partial charge in [-0.15, -0.1) is 0 Å². The monoisotopic (exact) mass is 293 g/mol. The number of ether oxygens (including phenoxy) is 1. The number of halogens is 1. The summed E-state index contributed by atoms with van der Waals surface area (Å²) in [7, 11) is 0. The molecule has 0 spiro atoms. The second kappa shape index (κ2) is 6.30. The van der Waals surface area contributed by atoms with Crippen LogP contribution in [0.15, 0.2) is 24.3 Å². The van der Waals surface area contributed by atoms with Crippen molar-refractivity contribution in [2.45, 2.75) is 18.4 Å². The minimum absolute atomic E-state index is 0.118. The second-order valence-electron chi connectivity index (χ2n) is 5.99. The van der Waals surface area contributed by atoms with Gasteiger partial charge in [0.25, 0.3) is 0 Å². The average molecular weight is 293 g/mol. The van der Waals surface area contributed by atoms with Crippen molar-refractivity contribution in [1.82, 2.24) is 4.90 Å². The number of hydrogen-bond acceptors (Lipinski definition) is 4. The number of rotatable bonds is 3. The summed E-state index contributed by atoms with van der Waals surface area (Å²) in [5.41, 5.74) is 7.30. The maximum Gasteiger partial charge on any atom is 0.123 e. The molecular weight excluding hydrogens is 269 g/mol. The summed E-state index contributed by atoms with van der Waals surface area (Å²) in [6.45, 7) is 6.28. The van der Waals surface area contributed by atoms with Crippen molar-refractivity contribution in [1.29, 1.82) is 0 Å². The molecule has 0 saturated carbocycles. The van der Waals surface area contributed by atoms with Crippen LogP contribution in [0.2, 0.25) is 0 Å². The van der Waals surface area contributed by atoms with Gasteiger partial charge in [0, 0.05) is 57.2 Å². The summed E-state index contributed by atoms with van der Waals surface area (Å²) in [6.07, 6.45) is 2.06. The number of hydrogen-bond donors (Lipinski definition) is 1. The first-order valence-corrected chi connectivity index (χ1v) is 7.77. The number of anilines is 1. The standard InChI is InChI=1S/C16H24FN3O/c17-14-1-3-15(4-2-14)19-7-9-20(10-8-19)16(13-18)5-11-21-12-6-16/h1-4H,5-13,18H2. The van der Waals surface area contributed by atoms with Crippen LogP contribution in [0.25, 0.3) is 0 Å². The van der Waals surface area contributed by atoms with Crippen LogP contribution in [0.3, 0.4) is 0 Å². The predicted octanol–water partition coefficient (Wildman–Crippen LogP) is 1.46. The quantitative estimate of drug-likeness (QED) is 0.916. The van der Waals surface area contributed by atoms with Gasteiger partial charge in [0.1, 0.15) is 5.82 Å². The molecule has 2 saturated heterocycles. The van der Waals surface area contributed by atoms with Crippen LogP contribution < -0.4 is 10.6 Å². The van der Waals surface area contributed by atoms with Gasteiger partial charge in [-0.25, -0.2) is 4.39 Å². The SMILES string of the molecule is NCC1(N2CCN(c3ccc(F)cc3)CC2)CCOCC1. The average Bonchev–Trinajstić information content (AvgIpc) is 2.56. The molecule has 0 bridgehead atoms. The van der Waals surface area contributed by atoms with E-state index in [2.05, 4.69) is 9.80 Å². The van der Waals surface area contributed by atoms with Gasteiger partial charge in [-0.2, -0.15) is 0 Å². The Labute approximate surface area is 125 Å². The Morgan fingerprint density at radius 2 is 1.67 bits per heavy atom. The molecule has 0 aliphatic carbocycles. The van der Waals surface area contributed by atoms with Gasteiger partial charge in [0.2, 0.25) is 0 Å². The van der Waals surface area contributed by atoms with Gasteiger partial charge in [-0.1, -0.05) is 0 Å². The molecule has 5 heteroatoms. The highest BCUT2D eigenvalue weighted by molar-refractivity contribution is 5.46. The number of nitrogens with two attached hydrogens (primary N) is 1. The van der Waals surface area contributed by atoms with Crippen LogP contribution in [0.4, 0.5) is 10.1 Å². The van der Waals surface area contributed by atoms with E-state index >= 15 is 0 Å². The van der Waals surface area contributed by atoms with Gasteiger partial charge in [0.15, 0.2) is 0 Å². The summed E-state index contributed by atoms with van der Waals surface area (Å²) in [4.78, 5) is 4.86. The smallest absolute Gasteiger partial charge is 0.123 e. The summed E-state index contributed by atoms with van der Waals surface area (Å²) in [6, 6.07) is 6.78. The molecule has 0 radical (unpaired) electrons. The fourth-order valence-corrected chi connectivity index (χ4v) is 3.49. The molecular formula is C16H24FN3O. The maximum absolute atomic E-state index is 13.0. The van der Waals surface area contributed by atoms with Crippen molar-refractivity contribution in [3.8, 4) is 0 Å². The van der Waals surface area contributed by atoms with E-state index in [-0.39, 0.29) is 11.4 Å². The molecule has 4 nitrogen and oxygen atoms in total.